The zero-order valence-corrected chi connectivity index (χ0v) is 11.1. The summed E-state index contributed by atoms with van der Waals surface area (Å²) in [6.45, 7) is 7.53. The van der Waals surface area contributed by atoms with Crippen LogP contribution < -0.4 is 0 Å². The zero-order chi connectivity index (χ0) is 11.4. The number of halogens is 1. The summed E-state index contributed by atoms with van der Waals surface area (Å²) in [5, 5.41) is 0. The standard InChI is InChI=1S/C14H24ClN/c1-13(11-15)12-16-9-7-14(8-10-16)5-3-2-4-6-14/h1-12H2. The first-order chi connectivity index (χ1) is 7.74. The van der Waals surface area contributed by atoms with E-state index in [-0.39, 0.29) is 0 Å². The lowest BCUT2D eigenvalue weighted by molar-refractivity contribution is 0.0726. The average Bonchev–Trinajstić information content (AvgIpc) is 2.33. The average molecular weight is 242 g/mol. The van der Waals surface area contributed by atoms with Crippen molar-refractivity contribution in [3.8, 4) is 0 Å². The van der Waals surface area contributed by atoms with Crippen LogP contribution in [0, 0.1) is 5.41 Å². The fourth-order valence-electron chi connectivity index (χ4n) is 3.35. The molecule has 16 heavy (non-hydrogen) atoms. The highest BCUT2D eigenvalue weighted by molar-refractivity contribution is 6.19. The minimum atomic E-state index is 0.613. The molecule has 2 heteroatoms. The smallest absolute Gasteiger partial charge is 0.0443 e. The Balaban J connectivity index is 1.79. The summed E-state index contributed by atoms with van der Waals surface area (Å²) in [6.07, 6.45) is 10.2. The van der Waals surface area contributed by atoms with Gasteiger partial charge in [0, 0.05) is 12.4 Å². The third-order valence-electron chi connectivity index (χ3n) is 4.47. The normalized spacial score (nSPS) is 25.8. The minimum Gasteiger partial charge on any atom is -0.299 e. The van der Waals surface area contributed by atoms with Gasteiger partial charge in [0.25, 0.3) is 0 Å². The van der Waals surface area contributed by atoms with Crippen LogP contribution in [0.25, 0.3) is 0 Å². The van der Waals surface area contributed by atoms with Crippen LogP contribution >= 0.6 is 11.6 Å². The minimum absolute atomic E-state index is 0.613. The van der Waals surface area contributed by atoms with Crippen LogP contribution in [0.4, 0.5) is 0 Å². The van der Waals surface area contributed by atoms with Crippen LogP contribution in [0.1, 0.15) is 44.9 Å². The Kier molecular flexibility index (Phi) is 4.32. The molecule has 0 radical (unpaired) electrons. The number of hydrogen-bond acceptors (Lipinski definition) is 1. The van der Waals surface area contributed by atoms with Gasteiger partial charge < -0.3 is 0 Å². The van der Waals surface area contributed by atoms with E-state index >= 15 is 0 Å². The molecule has 1 saturated heterocycles. The van der Waals surface area contributed by atoms with Gasteiger partial charge in [-0.15, -0.1) is 11.6 Å². The second-order valence-electron chi connectivity index (χ2n) is 5.72. The summed E-state index contributed by atoms with van der Waals surface area (Å²) >= 11 is 5.79. The zero-order valence-electron chi connectivity index (χ0n) is 10.3. The molecule has 0 aromatic rings. The number of hydrogen-bond donors (Lipinski definition) is 0. The summed E-state index contributed by atoms with van der Waals surface area (Å²) in [5.74, 6) is 0.613. The first-order valence-corrected chi connectivity index (χ1v) is 7.23. The molecule has 1 saturated carbocycles. The van der Waals surface area contributed by atoms with E-state index in [0.717, 1.165) is 12.0 Å². The first kappa shape index (κ1) is 12.4. The third-order valence-corrected chi connectivity index (χ3v) is 4.85. The van der Waals surface area contributed by atoms with Crippen LogP contribution in [0.15, 0.2) is 12.2 Å². The molecule has 1 spiro atoms. The van der Waals surface area contributed by atoms with E-state index in [1.54, 1.807) is 0 Å². The topological polar surface area (TPSA) is 3.24 Å². The molecule has 0 unspecified atom stereocenters. The predicted molar refractivity (Wildman–Crippen MR) is 71.1 cm³/mol. The number of piperidine rings is 1. The molecule has 92 valence electrons. The van der Waals surface area contributed by atoms with Crippen LogP contribution in [-0.2, 0) is 0 Å². The summed E-state index contributed by atoms with van der Waals surface area (Å²) in [5.41, 5.74) is 1.89. The Morgan fingerprint density at radius 1 is 1.06 bits per heavy atom. The van der Waals surface area contributed by atoms with E-state index in [4.69, 9.17) is 11.6 Å². The molecule has 0 N–H and O–H groups in total. The van der Waals surface area contributed by atoms with Crippen LogP contribution in [0.2, 0.25) is 0 Å². The van der Waals surface area contributed by atoms with Gasteiger partial charge in [0.1, 0.15) is 0 Å². The van der Waals surface area contributed by atoms with Crippen molar-refractivity contribution in [1.29, 1.82) is 0 Å². The van der Waals surface area contributed by atoms with Gasteiger partial charge in [0.2, 0.25) is 0 Å². The predicted octanol–water partition coefficient (Wildman–Crippen LogP) is 3.83. The van der Waals surface area contributed by atoms with Crippen molar-refractivity contribution in [1.82, 2.24) is 4.90 Å². The lowest BCUT2D eigenvalue weighted by Gasteiger charge is -2.44. The lowest BCUT2D eigenvalue weighted by Crippen LogP contribution is -2.41. The van der Waals surface area contributed by atoms with E-state index in [1.165, 1.54) is 63.6 Å². The molecular formula is C14H24ClN. The Labute approximate surface area is 105 Å². The van der Waals surface area contributed by atoms with E-state index in [9.17, 15) is 0 Å². The summed E-state index contributed by atoms with van der Waals surface area (Å²) in [4.78, 5) is 2.53. The molecule has 1 aliphatic heterocycles. The maximum absolute atomic E-state index is 5.79. The van der Waals surface area contributed by atoms with Gasteiger partial charge in [0.15, 0.2) is 0 Å². The number of alkyl halides is 1. The van der Waals surface area contributed by atoms with Gasteiger partial charge in [-0.2, -0.15) is 0 Å². The molecule has 2 rings (SSSR count). The molecular weight excluding hydrogens is 218 g/mol. The Morgan fingerprint density at radius 3 is 2.25 bits per heavy atom. The molecule has 0 amide bonds. The molecule has 0 aromatic heterocycles. The highest BCUT2D eigenvalue weighted by atomic mass is 35.5. The molecule has 2 fully saturated rings. The number of likely N-dealkylation sites (tertiary alicyclic amines) is 1. The third kappa shape index (κ3) is 3.01. The second kappa shape index (κ2) is 5.55. The Hall–Kier alpha value is -0.0100. The number of nitrogens with zero attached hydrogens (tertiary/aromatic N) is 1. The van der Waals surface area contributed by atoms with Gasteiger partial charge in [-0.1, -0.05) is 25.8 Å². The summed E-state index contributed by atoms with van der Waals surface area (Å²) in [6, 6.07) is 0. The van der Waals surface area contributed by atoms with Gasteiger partial charge in [-0.05, 0) is 49.8 Å². The van der Waals surface area contributed by atoms with Crippen molar-refractivity contribution in [2.75, 3.05) is 25.5 Å². The largest absolute Gasteiger partial charge is 0.299 e. The fraction of sp³-hybridized carbons (Fsp3) is 0.857. The molecule has 2 aliphatic rings. The van der Waals surface area contributed by atoms with Crippen molar-refractivity contribution in [3.63, 3.8) is 0 Å². The highest BCUT2D eigenvalue weighted by Crippen LogP contribution is 2.44. The van der Waals surface area contributed by atoms with Crippen molar-refractivity contribution in [2.24, 2.45) is 5.41 Å². The maximum atomic E-state index is 5.79. The van der Waals surface area contributed by atoms with Gasteiger partial charge in [-0.25, -0.2) is 0 Å². The van der Waals surface area contributed by atoms with E-state index in [2.05, 4.69) is 11.5 Å². The molecule has 1 heterocycles. The van der Waals surface area contributed by atoms with Crippen LogP contribution in [-0.4, -0.2) is 30.4 Å². The fourth-order valence-corrected chi connectivity index (χ4v) is 3.43. The number of rotatable bonds is 3. The quantitative estimate of drug-likeness (QED) is 0.536. The maximum Gasteiger partial charge on any atom is 0.0443 e. The van der Waals surface area contributed by atoms with Crippen LogP contribution in [0.3, 0.4) is 0 Å². The van der Waals surface area contributed by atoms with Crippen molar-refractivity contribution < 1.29 is 0 Å². The van der Waals surface area contributed by atoms with Crippen molar-refractivity contribution >= 4 is 11.6 Å². The van der Waals surface area contributed by atoms with Gasteiger partial charge in [0.05, 0.1) is 0 Å². The van der Waals surface area contributed by atoms with E-state index < -0.39 is 0 Å². The van der Waals surface area contributed by atoms with Crippen molar-refractivity contribution in [2.45, 2.75) is 44.9 Å². The second-order valence-corrected chi connectivity index (χ2v) is 5.99. The molecule has 1 nitrogen and oxygen atoms in total. The van der Waals surface area contributed by atoms with Crippen LogP contribution in [0.5, 0.6) is 0 Å². The highest BCUT2D eigenvalue weighted by Gasteiger charge is 2.35. The molecule has 0 bridgehead atoms. The van der Waals surface area contributed by atoms with E-state index in [1.807, 2.05) is 0 Å². The molecule has 1 aliphatic carbocycles. The Bertz CT molecular complexity index is 233. The first-order valence-electron chi connectivity index (χ1n) is 6.69. The molecule has 0 atom stereocenters. The summed E-state index contributed by atoms with van der Waals surface area (Å²) < 4.78 is 0. The Morgan fingerprint density at radius 2 is 1.69 bits per heavy atom. The monoisotopic (exact) mass is 241 g/mol. The lowest BCUT2D eigenvalue weighted by atomic mass is 9.68. The molecule has 0 aromatic carbocycles. The van der Waals surface area contributed by atoms with Crippen molar-refractivity contribution in [3.05, 3.63) is 12.2 Å². The SMILES string of the molecule is C=C(CCl)CN1CCC2(CCCCC2)CC1. The van der Waals surface area contributed by atoms with E-state index in [0.29, 0.717) is 5.88 Å². The van der Waals surface area contributed by atoms with Gasteiger partial charge in [-0.3, -0.25) is 4.90 Å². The van der Waals surface area contributed by atoms with Gasteiger partial charge >= 0.3 is 0 Å². The summed E-state index contributed by atoms with van der Waals surface area (Å²) in [7, 11) is 0.